The maximum absolute atomic E-state index is 4.68. The molecule has 0 aliphatic carbocycles. The Hall–Kier alpha value is -1.38. The van der Waals surface area contributed by atoms with Gasteiger partial charge in [0.05, 0.1) is 6.33 Å². The number of imidazole rings is 1. The number of aryl methyl sites for hydroxylation is 1. The monoisotopic (exact) mass is 203 g/mol. The van der Waals surface area contributed by atoms with Gasteiger partial charge in [0.15, 0.2) is 5.65 Å². The van der Waals surface area contributed by atoms with Crippen LogP contribution in [0.5, 0.6) is 0 Å². The molecule has 0 amide bonds. The lowest BCUT2D eigenvalue weighted by molar-refractivity contribution is 0.569. The van der Waals surface area contributed by atoms with Gasteiger partial charge >= 0.3 is 0 Å². The van der Waals surface area contributed by atoms with Crippen LogP contribution in [0.3, 0.4) is 0 Å². The fourth-order valence-electron chi connectivity index (χ4n) is 1.59. The van der Waals surface area contributed by atoms with Crippen molar-refractivity contribution in [2.75, 3.05) is 0 Å². The van der Waals surface area contributed by atoms with Crippen LogP contribution in [0.25, 0.3) is 11.2 Å². The topological polar surface area (TPSA) is 30.7 Å². The van der Waals surface area contributed by atoms with Crippen LogP contribution in [0.15, 0.2) is 18.5 Å². The van der Waals surface area contributed by atoms with Gasteiger partial charge in [-0.15, -0.1) is 0 Å². The van der Waals surface area contributed by atoms with Crippen molar-refractivity contribution in [3.8, 4) is 0 Å². The lowest BCUT2D eigenvalue weighted by atomic mass is 9.92. The third-order valence-electron chi connectivity index (χ3n) is 2.57. The number of aromatic nitrogens is 3. The van der Waals surface area contributed by atoms with Crippen molar-refractivity contribution in [3.63, 3.8) is 0 Å². The molecule has 0 fully saturated rings. The number of fused-ring (bicyclic) bond motifs is 1. The highest BCUT2D eigenvalue weighted by Gasteiger charge is 2.16. The highest BCUT2D eigenvalue weighted by Crippen LogP contribution is 2.22. The standard InChI is InChI=1S/C12H17N3/c1-5-15-8-13-9-6-7-10(12(2,3)4)14-11(9)15/h6-8H,5H2,1-4H3. The molecular formula is C12H17N3. The summed E-state index contributed by atoms with van der Waals surface area (Å²) >= 11 is 0. The van der Waals surface area contributed by atoms with Crippen LogP contribution in [0.2, 0.25) is 0 Å². The summed E-state index contributed by atoms with van der Waals surface area (Å²) in [5.41, 5.74) is 3.18. The van der Waals surface area contributed by atoms with Crippen LogP contribution in [-0.2, 0) is 12.0 Å². The predicted octanol–water partition coefficient (Wildman–Crippen LogP) is 2.75. The zero-order valence-electron chi connectivity index (χ0n) is 9.78. The molecule has 3 nitrogen and oxygen atoms in total. The normalized spacial score (nSPS) is 12.3. The van der Waals surface area contributed by atoms with Gasteiger partial charge in [-0.3, -0.25) is 0 Å². The first-order chi connectivity index (χ1) is 7.02. The van der Waals surface area contributed by atoms with E-state index in [4.69, 9.17) is 0 Å². The highest BCUT2D eigenvalue weighted by molar-refractivity contribution is 5.70. The van der Waals surface area contributed by atoms with Gasteiger partial charge in [0.1, 0.15) is 5.52 Å². The van der Waals surface area contributed by atoms with E-state index in [0.29, 0.717) is 0 Å². The Balaban J connectivity index is 2.63. The zero-order valence-corrected chi connectivity index (χ0v) is 9.78. The second kappa shape index (κ2) is 3.33. The predicted molar refractivity (Wildman–Crippen MR) is 61.9 cm³/mol. The number of hydrogen-bond acceptors (Lipinski definition) is 2. The molecule has 3 heteroatoms. The Morgan fingerprint density at radius 3 is 2.60 bits per heavy atom. The van der Waals surface area contributed by atoms with Crippen molar-refractivity contribution in [1.82, 2.24) is 14.5 Å². The molecule has 0 saturated heterocycles. The fraction of sp³-hybridized carbons (Fsp3) is 0.500. The second-order valence-electron chi connectivity index (χ2n) is 4.82. The van der Waals surface area contributed by atoms with Crippen molar-refractivity contribution < 1.29 is 0 Å². The van der Waals surface area contributed by atoms with E-state index in [1.54, 1.807) is 0 Å². The molecular weight excluding hydrogens is 186 g/mol. The molecule has 0 atom stereocenters. The van der Waals surface area contributed by atoms with Gasteiger partial charge in [-0.1, -0.05) is 20.8 Å². The van der Waals surface area contributed by atoms with E-state index in [2.05, 4.69) is 54.4 Å². The molecule has 0 saturated carbocycles. The highest BCUT2D eigenvalue weighted by atomic mass is 15.1. The van der Waals surface area contributed by atoms with Crippen molar-refractivity contribution >= 4 is 11.2 Å². The summed E-state index contributed by atoms with van der Waals surface area (Å²) in [4.78, 5) is 8.99. The summed E-state index contributed by atoms with van der Waals surface area (Å²) in [7, 11) is 0. The van der Waals surface area contributed by atoms with Crippen molar-refractivity contribution in [2.24, 2.45) is 0 Å². The molecule has 2 rings (SSSR count). The van der Waals surface area contributed by atoms with Crippen molar-refractivity contribution in [1.29, 1.82) is 0 Å². The number of pyridine rings is 1. The number of hydrogen-bond donors (Lipinski definition) is 0. The molecule has 0 aliphatic heterocycles. The van der Waals surface area contributed by atoms with E-state index in [1.165, 1.54) is 0 Å². The molecule has 15 heavy (non-hydrogen) atoms. The molecule has 0 aliphatic rings. The first kappa shape index (κ1) is 10.1. The minimum atomic E-state index is 0.0943. The molecule has 2 aromatic heterocycles. The molecule has 80 valence electrons. The lowest BCUT2D eigenvalue weighted by Crippen LogP contribution is -2.13. The van der Waals surface area contributed by atoms with E-state index >= 15 is 0 Å². The summed E-state index contributed by atoms with van der Waals surface area (Å²) in [6.45, 7) is 9.54. The van der Waals surface area contributed by atoms with Gasteiger partial charge in [-0.2, -0.15) is 0 Å². The van der Waals surface area contributed by atoms with Crippen molar-refractivity contribution in [2.45, 2.75) is 39.7 Å². The Bertz CT molecular complexity index is 477. The second-order valence-corrected chi connectivity index (χ2v) is 4.82. The van der Waals surface area contributed by atoms with Crippen LogP contribution in [-0.4, -0.2) is 14.5 Å². The van der Waals surface area contributed by atoms with Crippen LogP contribution >= 0.6 is 0 Å². The Morgan fingerprint density at radius 1 is 1.27 bits per heavy atom. The molecule has 0 aromatic carbocycles. The quantitative estimate of drug-likeness (QED) is 0.713. The Kier molecular flexibility index (Phi) is 2.25. The van der Waals surface area contributed by atoms with E-state index in [1.807, 2.05) is 6.33 Å². The Morgan fingerprint density at radius 2 is 2.00 bits per heavy atom. The average Bonchev–Trinajstić information content (AvgIpc) is 2.57. The fourth-order valence-corrected chi connectivity index (χ4v) is 1.59. The van der Waals surface area contributed by atoms with Crippen LogP contribution in [0, 0.1) is 0 Å². The van der Waals surface area contributed by atoms with Crippen LogP contribution in [0.1, 0.15) is 33.4 Å². The van der Waals surface area contributed by atoms with Gasteiger partial charge in [-0.05, 0) is 19.1 Å². The smallest absolute Gasteiger partial charge is 0.160 e. The third-order valence-corrected chi connectivity index (χ3v) is 2.57. The lowest BCUT2D eigenvalue weighted by Gasteiger charge is -2.17. The summed E-state index contributed by atoms with van der Waals surface area (Å²) in [5, 5.41) is 0. The maximum Gasteiger partial charge on any atom is 0.160 e. The van der Waals surface area contributed by atoms with E-state index in [9.17, 15) is 0 Å². The summed E-state index contributed by atoms with van der Waals surface area (Å²) < 4.78 is 2.07. The average molecular weight is 203 g/mol. The van der Waals surface area contributed by atoms with Gasteiger partial charge in [0.25, 0.3) is 0 Å². The molecule has 0 spiro atoms. The van der Waals surface area contributed by atoms with Crippen LogP contribution in [0.4, 0.5) is 0 Å². The zero-order chi connectivity index (χ0) is 11.1. The summed E-state index contributed by atoms with van der Waals surface area (Å²) in [6, 6.07) is 4.12. The first-order valence-corrected chi connectivity index (χ1v) is 5.34. The van der Waals surface area contributed by atoms with E-state index in [-0.39, 0.29) is 5.41 Å². The van der Waals surface area contributed by atoms with E-state index in [0.717, 1.165) is 23.4 Å². The molecule has 2 heterocycles. The Labute approximate surface area is 90.2 Å². The summed E-state index contributed by atoms with van der Waals surface area (Å²) in [6.07, 6.45) is 1.85. The number of nitrogens with zero attached hydrogens (tertiary/aromatic N) is 3. The largest absolute Gasteiger partial charge is 0.316 e. The minimum Gasteiger partial charge on any atom is -0.316 e. The minimum absolute atomic E-state index is 0.0943. The SMILES string of the molecule is CCn1cnc2ccc(C(C)(C)C)nc21. The molecule has 2 aromatic rings. The van der Waals surface area contributed by atoms with Crippen LogP contribution < -0.4 is 0 Å². The van der Waals surface area contributed by atoms with Gasteiger partial charge in [0, 0.05) is 17.7 Å². The van der Waals surface area contributed by atoms with Gasteiger partial charge < -0.3 is 4.57 Å². The van der Waals surface area contributed by atoms with Crippen molar-refractivity contribution in [3.05, 3.63) is 24.2 Å². The summed E-state index contributed by atoms with van der Waals surface area (Å²) in [5.74, 6) is 0. The van der Waals surface area contributed by atoms with Gasteiger partial charge in [0.2, 0.25) is 0 Å². The molecule has 0 N–H and O–H groups in total. The molecule has 0 bridgehead atoms. The maximum atomic E-state index is 4.68. The molecule has 0 radical (unpaired) electrons. The van der Waals surface area contributed by atoms with Gasteiger partial charge in [-0.25, -0.2) is 9.97 Å². The third kappa shape index (κ3) is 1.74. The van der Waals surface area contributed by atoms with E-state index < -0.39 is 0 Å². The molecule has 0 unspecified atom stereocenters. The number of rotatable bonds is 1. The first-order valence-electron chi connectivity index (χ1n) is 5.34.